The first kappa shape index (κ1) is 9.21. The predicted molar refractivity (Wildman–Crippen MR) is 54.6 cm³/mol. The van der Waals surface area contributed by atoms with Gasteiger partial charge < -0.3 is 15.2 Å². The standard InChI is InChI=1S/C11H9NO4/c13-9-11(3-4-11)7-2-1-6(16-10(14)15)5-8(7)12-9/h1-2,5H,3-4H2,(H,12,13)(H,14,15). The van der Waals surface area contributed by atoms with Crippen LogP contribution in [0, 0.1) is 0 Å². The fourth-order valence-electron chi connectivity index (χ4n) is 2.19. The lowest BCUT2D eigenvalue weighted by Gasteiger charge is -2.05. The normalized spacial score (nSPS) is 19.1. The van der Waals surface area contributed by atoms with Gasteiger partial charge in [0.25, 0.3) is 0 Å². The van der Waals surface area contributed by atoms with Crippen molar-refractivity contribution < 1.29 is 19.4 Å². The van der Waals surface area contributed by atoms with Gasteiger partial charge >= 0.3 is 6.16 Å². The summed E-state index contributed by atoms with van der Waals surface area (Å²) in [6.07, 6.45) is 0.376. The molecule has 1 saturated carbocycles. The largest absolute Gasteiger partial charge is 0.511 e. The first-order valence-electron chi connectivity index (χ1n) is 4.99. The summed E-state index contributed by atoms with van der Waals surface area (Å²) in [4.78, 5) is 22.0. The molecule has 1 spiro atoms. The molecule has 0 aromatic heterocycles. The molecule has 1 aliphatic heterocycles. The molecule has 1 amide bonds. The first-order chi connectivity index (χ1) is 7.62. The third-order valence-corrected chi connectivity index (χ3v) is 3.14. The van der Waals surface area contributed by atoms with Gasteiger partial charge in [-0.1, -0.05) is 6.07 Å². The number of nitrogens with one attached hydrogen (secondary N) is 1. The average Bonchev–Trinajstić information content (AvgIpc) is 2.92. The number of rotatable bonds is 1. The van der Waals surface area contributed by atoms with Crippen LogP contribution >= 0.6 is 0 Å². The van der Waals surface area contributed by atoms with Crippen molar-refractivity contribution in [3.8, 4) is 5.75 Å². The van der Waals surface area contributed by atoms with Crippen LogP contribution in [0.2, 0.25) is 0 Å². The SMILES string of the molecule is O=C(O)Oc1ccc2c(c1)NC(=O)C21CC1. The van der Waals surface area contributed by atoms with E-state index in [0.717, 1.165) is 18.4 Å². The average molecular weight is 219 g/mol. The van der Waals surface area contributed by atoms with Crippen molar-refractivity contribution in [2.45, 2.75) is 18.3 Å². The highest BCUT2D eigenvalue weighted by Gasteiger charge is 2.56. The second kappa shape index (κ2) is 2.75. The Kier molecular flexibility index (Phi) is 1.58. The fourth-order valence-corrected chi connectivity index (χ4v) is 2.19. The molecule has 0 unspecified atom stereocenters. The van der Waals surface area contributed by atoms with Crippen LogP contribution in [0.25, 0.3) is 0 Å². The van der Waals surface area contributed by atoms with Gasteiger partial charge in [-0.25, -0.2) is 4.79 Å². The van der Waals surface area contributed by atoms with Crippen LogP contribution in [0.3, 0.4) is 0 Å². The fraction of sp³-hybridized carbons (Fsp3) is 0.273. The molecule has 0 saturated heterocycles. The van der Waals surface area contributed by atoms with Crippen molar-refractivity contribution in [1.29, 1.82) is 0 Å². The number of ether oxygens (including phenoxy) is 1. The third-order valence-electron chi connectivity index (χ3n) is 3.14. The van der Waals surface area contributed by atoms with E-state index in [1.54, 1.807) is 18.2 Å². The summed E-state index contributed by atoms with van der Waals surface area (Å²) in [6, 6.07) is 4.89. The van der Waals surface area contributed by atoms with Gasteiger partial charge in [0.05, 0.1) is 5.41 Å². The van der Waals surface area contributed by atoms with Gasteiger partial charge in [0.2, 0.25) is 5.91 Å². The molecule has 0 bridgehead atoms. The van der Waals surface area contributed by atoms with Gasteiger partial charge in [-0.15, -0.1) is 0 Å². The number of fused-ring (bicyclic) bond motifs is 2. The lowest BCUT2D eigenvalue weighted by Crippen LogP contribution is -2.18. The van der Waals surface area contributed by atoms with E-state index < -0.39 is 6.16 Å². The zero-order valence-electron chi connectivity index (χ0n) is 8.32. The van der Waals surface area contributed by atoms with Crippen LogP contribution in [0.5, 0.6) is 5.75 Å². The lowest BCUT2D eigenvalue weighted by atomic mass is 9.98. The molecule has 0 radical (unpaired) electrons. The van der Waals surface area contributed by atoms with Crippen molar-refractivity contribution in [2.24, 2.45) is 0 Å². The van der Waals surface area contributed by atoms with Crippen LogP contribution in [0.15, 0.2) is 18.2 Å². The van der Waals surface area contributed by atoms with E-state index in [9.17, 15) is 9.59 Å². The van der Waals surface area contributed by atoms with E-state index >= 15 is 0 Å². The number of hydrogen-bond donors (Lipinski definition) is 2. The van der Waals surface area contributed by atoms with E-state index in [1.165, 1.54) is 0 Å². The summed E-state index contributed by atoms with van der Waals surface area (Å²) in [5.41, 5.74) is 1.29. The first-order valence-corrected chi connectivity index (χ1v) is 4.99. The molecule has 1 aromatic rings. The number of amides is 1. The summed E-state index contributed by atoms with van der Waals surface area (Å²) in [7, 11) is 0. The van der Waals surface area contributed by atoms with Crippen LogP contribution in [0.4, 0.5) is 10.5 Å². The Morgan fingerprint density at radius 2 is 2.19 bits per heavy atom. The molecule has 2 N–H and O–H groups in total. The van der Waals surface area contributed by atoms with Gasteiger partial charge in [-0.3, -0.25) is 4.79 Å². The Balaban J connectivity index is 2.00. The second-order valence-electron chi connectivity index (χ2n) is 4.11. The minimum atomic E-state index is -1.36. The highest BCUT2D eigenvalue weighted by molar-refractivity contribution is 6.08. The molecule has 1 aromatic carbocycles. The quantitative estimate of drug-likeness (QED) is 0.557. The third kappa shape index (κ3) is 1.11. The summed E-state index contributed by atoms with van der Waals surface area (Å²) in [5, 5.41) is 11.2. The second-order valence-corrected chi connectivity index (χ2v) is 4.11. The Bertz CT molecular complexity index is 505. The molecule has 1 aliphatic carbocycles. The van der Waals surface area contributed by atoms with Gasteiger partial charge in [0.15, 0.2) is 0 Å². The van der Waals surface area contributed by atoms with Gasteiger partial charge in [0, 0.05) is 11.8 Å². The van der Waals surface area contributed by atoms with Gasteiger partial charge in [-0.05, 0) is 24.5 Å². The van der Waals surface area contributed by atoms with Crippen molar-refractivity contribution in [1.82, 2.24) is 0 Å². The molecular weight excluding hydrogens is 210 g/mol. The Hall–Kier alpha value is -2.04. The lowest BCUT2D eigenvalue weighted by molar-refractivity contribution is -0.117. The van der Waals surface area contributed by atoms with Crippen LogP contribution in [-0.4, -0.2) is 17.2 Å². The van der Waals surface area contributed by atoms with E-state index in [-0.39, 0.29) is 17.1 Å². The monoisotopic (exact) mass is 219 g/mol. The number of benzene rings is 1. The summed E-state index contributed by atoms with van der Waals surface area (Å²) in [5.74, 6) is 0.235. The molecule has 5 heteroatoms. The minimum absolute atomic E-state index is 0.00924. The Labute approximate surface area is 91.0 Å². The van der Waals surface area contributed by atoms with Gasteiger partial charge in [-0.2, -0.15) is 0 Å². The predicted octanol–water partition coefficient (Wildman–Crippen LogP) is 1.73. The molecule has 2 aliphatic rings. The molecule has 1 heterocycles. The molecule has 0 atom stereocenters. The zero-order chi connectivity index (χ0) is 11.3. The maximum Gasteiger partial charge on any atom is 0.511 e. The van der Waals surface area contributed by atoms with Crippen LogP contribution in [0.1, 0.15) is 18.4 Å². The van der Waals surface area contributed by atoms with E-state index in [0.29, 0.717) is 5.69 Å². The molecule has 3 rings (SSSR count). The number of carbonyl (C=O) groups excluding carboxylic acids is 1. The number of carboxylic acid groups (broad SMARTS) is 1. The topological polar surface area (TPSA) is 75.6 Å². The van der Waals surface area contributed by atoms with Crippen molar-refractivity contribution in [3.63, 3.8) is 0 Å². The molecule has 82 valence electrons. The number of hydrogen-bond acceptors (Lipinski definition) is 3. The van der Waals surface area contributed by atoms with Crippen LogP contribution < -0.4 is 10.1 Å². The van der Waals surface area contributed by atoms with Crippen LogP contribution in [-0.2, 0) is 10.2 Å². The number of carbonyl (C=O) groups is 2. The summed E-state index contributed by atoms with van der Waals surface area (Å²) >= 11 is 0. The maximum atomic E-state index is 11.7. The Morgan fingerprint density at radius 3 is 2.81 bits per heavy atom. The smallest absolute Gasteiger partial charge is 0.449 e. The summed E-state index contributed by atoms with van der Waals surface area (Å²) in [6.45, 7) is 0. The molecule has 1 fully saturated rings. The molecule has 16 heavy (non-hydrogen) atoms. The maximum absolute atomic E-state index is 11.7. The Morgan fingerprint density at radius 1 is 1.44 bits per heavy atom. The van der Waals surface area contributed by atoms with Crippen molar-refractivity contribution in [2.75, 3.05) is 5.32 Å². The summed E-state index contributed by atoms with van der Waals surface area (Å²) < 4.78 is 4.53. The van der Waals surface area contributed by atoms with E-state index in [4.69, 9.17) is 5.11 Å². The van der Waals surface area contributed by atoms with E-state index in [2.05, 4.69) is 10.1 Å². The van der Waals surface area contributed by atoms with Gasteiger partial charge in [0.1, 0.15) is 5.75 Å². The minimum Gasteiger partial charge on any atom is -0.449 e. The highest BCUT2D eigenvalue weighted by Crippen LogP contribution is 2.55. The molecular formula is C11H9NO4. The molecule has 5 nitrogen and oxygen atoms in total. The zero-order valence-corrected chi connectivity index (χ0v) is 8.32. The number of anilines is 1. The highest BCUT2D eigenvalue weighted by atomic mass is 16.7. The van der Waals surface area contributed by atoms with Crippen molar-refractivity contribution >= 4 is 17.7 Å². The van der Waals surface area contributed by atoms with E-state index in [1.807, 2.05) is 0 Å². The van der Waals surface area contributed by atoms with Crippen molar-refractivity contribution in [3.05, 3.63) is 23.8 Å².